The van der Waals surface area contributed by atoms with E-state index in [1.165, 1.54) is 6.08 Å². The lowest BCUT2D eigenvalue weighted by molar-refractivity contribution is -0.125. The minimum absolute atomic E-state index is 0.0695. The third-order valence-electron chi connectivity index (χ3n) is 4.81. The molecule has 1 saturated heterocycles. The van der Waals surface area contributed by atoms with Gasteiger partial charge in [0.25, 0.3) is 5.56 Å². The van der Waals surface area contributed by atoms with Crippen molar-refractivity contribution in [3.8, 4) is 11.1 Å². The van der Waals surface area contributed by atoms with E-state index >= 15 is 0 Å². The summed E-state index contributed by atoms with van der Waals surface area (Å²) in [6.07, 6.45) is 5.58. The number of nitrogens with zero attached hydrogens (tertiary/aromatic N) is 3. The van der Waals surface area contributed by atoms with E-state index in [-0.39, 0.29) is 17.5 Å². The zero-order valence-electron chi connectivity index (χ0n) is 15.0. The van der Waals surface area contributed by atoms with Gasteiger partial charge in [-0.25, -0.2) is 4.98 Å². The maximum absolute atomic E-state index is 12.4. The summed E-state index contributed by atoms with van der Waals surface area (Å²) in [5, 5.41) is 3.01. The smallest absolute Gasteiger partial charge is 0.271 e. The largest absolute Gasteiger partial charge is 0.373 e. The molecule has 7 heteroatoms. The quantitative estimate of drug-likeness (QED) is 0.800. The van der Waals surface area contributed by atoms with Crippen LogP contribution in [0.2, 0.25) is 0 Å². The van der Waals surface area contributed by atoms with Gasteiger partial charge in [0.1, 0.15) is 11.5 Å². The minimum atomic E-state index is -0.146. The Labute approximate surface area is 152 Å². The number of rotatable bonds is 5. The molecular weight excluding hydrogens is 330 g/mol. The fraction of sp³-hybridized carbons (Fsp3) is 0.316. The van der Waals surface area contributed by atoms with E-state index in [1.54, 1.807) is 17.3 Å². The first-order valence-corrected chi connectivity index (χ1v) is 8.54. The highest BCUT2D eigenvalue weighted by Crippen LogP contribution is 2.25. The molecule has 3 heterocycles. The van der Waals surface area contributed by atoms with Crippen LogP contribution < -0.4 is 15.8 Å². The molecule has 1 aliphatic heterocycles. The van der Waals surface area contributed by atoms with Gasteiger partial charge in [0.2, 0.25) is 5.91 Å². The molecule has 1 atom stereocenters. The molecular formula is C19H23N5O2. The number of carbonyl (C=O) groups is 1. The summed E-state index contributed by atoms with van der Waals surface area (Å²) in [4.78, 5) is 34.9. The second-order valence-corrected chi connectivity index (χ2v) is 6.32. The van der Waals surface area contributed by atoms with Crippen LogP contribution in [0.25, 0.3) is 11.1 Å². The van der Waals surface area contributed by atoms with E-state index in [1.807, 2.05) is 37.2 Å². The van der Waals surface area contributed by atoms with Gasteiger partial charge in [-0.1, -0.05) is 6.58 Å². The van der Waals surface area contributed by atoms with Gasteiger partial charge in [0, 0.05) is 51.2 Å². The molecule has 7 nitrogen and oxygen atoms in total. The van der Waals surface area contributed by atoms with Crippen molar-refractivity contribution in [2.24, 2.45) is 0 Å². The van der Waals surface area contributed by atoms with Gasteiger partial charge in [-0.2, -0.15) is 0 Å². The molecule has 2 aromatic rings. The summed E-state index contributed by atoms with van der Waals surface area (Å²) < 4.78 is 0. The van der Waals surface area contributed by atoms with E-state index in [9.17, 15) is 9.59 Å². The number of hydrogen-bond donors (Lipinski definition) is 2. The summed E-state index contributed by atoms with van der Waals surface area (Å²) in [7, 11) is 3.71. The van der Waals surface area contributed by atoms with Gasteiger partial charge in [0.05, 0.1) is 0 Å². The molecule has 0 spiro atoms. The maximum Gasteiger partial charge on any atom is 0.271 e. The van der Waals surface area contributed by atoms with E-state index in [2.05, 4.69) is 21.9 Å². The Morgan fingerprint density at radius 3 is 3.00 bits per heavy atom. The van der Waals surface area contributed by atoms with Gasteiger partial charge < -0.3 is 20.1 Å². The van der Waals surface area contributed by atoms with Gasteiger partial charge in [-0.3, -0.25) is 9.59 Å². The zero-order chi connectivity index (χ0) is 18.7. The Kier molecular flexibility index (Phi) is 5.06. The number of aromatic amines is 1. The second-order valence-electron chi connectivity index (χ2n) is 6.32. The van der Waals surface area contributed by atoms with Gasteiger partial charge in [-0.15, -0.1) is 0 Å². The number of anilines is 2. The highest BCUT2D eigenvalue weighted by molar-refractivity contribution is 5.87. The van der Waals surface area contributed by atoms with E-state index < -0.39 is 0 Å². The van der Waals surface area contributed by atoms with E-state index in [4.69, 9.17) is 0 Å². The maximum atomic E-state index is 12.4. The van der Waals surface area contributed by atoms with Crippen LogP contribution in [0.5, 0.6) is 0 Å². The van der Waals surface area contributed by atoms with Crippen molar-refractivity contribution >= 4 is 17.4 Å². The van der Waals surface area contributed by atoms with Crippen molar-refractivity contribution < 1.29 is 4.79 Å². The Morgan fingerprint density at radius 1 is 1.46 bits per heavy atom. The zero-order valence-corrected chi connectivity index (χ0v) is 15.0. The van der Waals surface area contributed by atoms with Crippen LogP contribution in [0.4, 0.5) is 11.5 Å². The Hall–Kier alpha value is -3.09. The van der Waals surface area contributed by atoms with Crippen molar-refractivity contribution in [1.29, 1.82) is 0 Å². The Morgan fingerprint density at radius 2 is 2.27 bits per heavy atom. The lowest BCUT2D eigenvalue weighted by atomic mass is 10.1. The van der Waals surface area contributed by atoms with Crippen molar-refractivity contribution in [3.63, 3.8) is 0 Å². The molecule has 136 valence electrons. The van der Waals surface area contributed by atoms with Gasteiger partial charge in [-0.05, 0) is 36.3 Å². The first-order chi connectivity index (χ1) is 12.5. The first-order valence-electron chi connectivity index (χ1n) is 8.54. The summed E-state index contributed by atoms with van der Waals surface area (Å²) in [5.74, 6) is 0.693. The van der Waals surface area contributed by atoms with Crippen molar-refractivity contribution in [2.45, 2.75) is 12.5 Å². The fourth-order valence-electron chi connectivity index (χ4n) is 3.23. The molecule has 0 radical (unpaired) electrons. The number of aromatic nitrogens is 2. The number of amides is 1. The lowest BCUT2D eigenvalue weighted by Crippen LogP contribution is -2.38. The van der Waals surface area contributed by atoms with Crippen LogP contribution in [0, 0.1) is 0 Å². The number of carbonyl (C=O) groups excluding carboxylic acids is 1. The molecule has 0 unspecified atom stereocenters. The molecule has 0 aliphatic carbocycles. The number of likely N-dealkylation sites (tertiary alicyclic amines) is 1. The normalized spacial score (nSPS) is 16.4. The van der Waals surface area contributed by atoms with Crippen molar-refractivity contribution in [3.05, 3.63) is 53.6 Å². The van der Waals surface area contributed by atoms with Crippen molar-refractivity contribution in [2.75, 3.05) is 37.4 Å². The SMILES string of the molecule is C=CC(=O)N1CC[C@@H](N(C)c2cc(-c3ccnc(NC)c3)c[nH]c2=O)C1. The minimum Gasteiger partial charge on any atom is -0.373 e. The molecule has 0 saturated carbocycles. The van der Waals surface area contributed by atoms with Gasteiger partial charge in [0.15, 0.2) is 0 Å². The van der Waals surface area contributed by atoms with E-state index in [0.29, 0.717) is 18.8 Å². The topological polar surface area (TPSA) is 81.3 Å². The third kappa shape index (κ3) is 3.46. The molecule has 26 heavy (non-hydrogen) atoms. The van der Waals surface area contributed by atoms with Gasteiger partial charge >= 0.3 is 0 Å². The Bertz CT molecular complexity index is 876. The number of pyridine rings is 2. The molecule has 1 fully saturated rings. The molecule has 1 amide bonds. The highest BCUT2D eigenvalue weighted by Gasteiger charge is 2.29. The molecule has 2 N–H and O–H groups in total. The summed E-state index contributed by atoms with van der Waals surface area (Å²) in [5.41, 5.74) is 2.31. The molecule has 3 rings (SSSR count). The highest BCUT2D eigenvalue weighted by atomic mass is 16.2. The molecule has 1 aliphatic rings. The van der Waals surface area contributed by atoms with Crippen LogP contribution >= 0.6 is 0 Å². The molecule has 0 aromatic carbocycles. The Balaban J connectivity index is 1.87. The number of hydrogen-bond acceptors (Lipinski definition) is 5. The number of nitrogens with one attached hydrogen (secondary N) is 2. The standard InChI is InChI=1S/C19H23N5O2/c1-4-18(25)24-8-6-15(12-24)23(3)16-9-14(11-22-19(16)26)13-5-7-21-17(10-13)20-2/h4-5,7,9-11,15H,1,6,8,12H2,2-3H3,(H,20,21)(H,22,26)/t15-/m1/s1. The molecule has 0 bridgehead atoms. The van der Waals surface area contributed by atoms with Crippen LogP contribution in [-0.4, -0.2) is 54.0 Å². The lowest BCUT2D eigenvalue weighted by Gasteiger charge is -2.26. The predicted octanol–water partition coefficient (Wildman–Crippen LogP) is 1.70. The average Bonchev–Trinajstić information content (AvgIpc) is 3.17. The summed E-state index contributed by atoms with van der Waals surface area (Å²) in [6, 6.07) is 5.81. The van der Waals surface area contributed by atoms with Crippen LogP contribution in [0.15, 0.2) is 48.0 Å². The predicted molar refractivity (Wildman–Crippen MR) is 103 cm³/mol. The molecule has 2 aromatic heterocycles. The number of likely N-dealkylation sites (N-methyl/N-ethyl adjacent to an activating group) is 1. The first kappa shape index (κ1) is 17.7. The summed E-state index contributed by atoms with van der Waals surface area (Å²) >= 11 is 0. The summed E-state index contributed by atoms with van der Waals surface area (Å²) in [6.45, 7) is 4.80. The second kappa shape index (κ2) is 7.43. The monoisotopic (exact) mass is 353 g/mol. The average molecular weight is 353 g/mol. The van der Waals surface area contributed by atoms with E-state index in [0.717, 1.165) is 23.4 Å². The van der Waals surface area contributed by atoms with Crippen LogP contribution in [-0.2, 0) is 4.79 Å². The number of H-pyrrole nitrogens is 1. The van der Waals surface area contributed by atoms with Crippen molar-refractivity contribution in [1.82, 2.24) is 14.9 Å². The van der Waals surface area contributed by atoms with Crippen LogP contribution in [0.3, 0.4) is 0 Å². The fourth-order valence-corrected chi connectivity index (χ4v) is 3.23. The van der Waals surface area contributed by atoms with Crippen LogP contribution in [0.1, 0.15) is 6.42 Å². The third-order valence-corrected chi connectivity index (χ3v) is 4.81.